The summed E-state index contributed by atoms with van der Waals surface area (Å²) >= 11 is 0. The number of unbranched alkanes of at least 4 members (excludes halogenated alkanes) is 2. The second-order valence-corrected chi connectivity index (χ2v) is 5.96. The summed E-state index contributed by atoms with van der Waals surface area (Å²) in [4.78, 5) is 12.0. The zero-order valence-corrected chi connectivity index (χ0v) is 15.7. The van der Waals surface area contributed by atoms with Gasteiger partial charge in [-0.05, 0) is 24.8 Å². The highest BCUT2D eigenvalue weighted by molar-refractivity contribution is 5.85. The lowest BCUT2D eigenvalue weighted by molar-refractivity contribution is -0.142. The SMILES string of the molecule is CCCOCC(N)CCCCCC(C(=O)OC)c1ccccc1.Cl. The van der Waals surface area contributed by atoms with E-state index in [0.717, 1.165) is 50.7 Å². The standard InChI is InChI=1S/C19H31NO3.ClH/c1-3-14-23-15-17(20)12-8-5-9-13-18(19(21)22-2)16-10-6-4-7-11-16;/h4,6-7,10-11,17-18H,3,5,8-9,12-15,20H2,1-2H3;1H. The summed E-state index contributed by atoms with van der Waals surface area (Å²) in [5.74, 6) is -0.316. The molecule has 2 atom stereocenters. The minimum Gasteiger partial charge on any atom is -0.469 e. The molecule has 0 aliphatic rings. The molecule has 0 radical (unpaired) electrons. The number of ether oxygens (including phenoxy) is 2. The maximum atomic E-state index is 12.0. The van der Waals surface area contributed by atoms with Crippen molar-refractivity contribution in [2.24, 2.45) is 5.73 Å². The van der Waals surface area contributed by atoms with Crippen LogP contribution in [-0.4, -0.2) is 32.3 Å². The van der Waals surface area contributed by atoms with E-state index in [4.69, 9.17) is 15.2 Å². The topological polar surface area (TPSA) is 61.5 Å². The molecule has 24 heavy (non-hydrogen) atoms. The van der Waals surface area contributed by atoms with Crippen LogP contribution in [0.2, 0.25) is 0 Å². The average Bonchev–Trinajstić information content (AvgIpc) is 2.58. The van der Waals surface area contributed by atoms with Gasteiger partial charge < -0.3 is 15.2 Å². The van der Waals surface area contributed by atoms with E-state index in [-0.39, 0.29) is 30.3 Å². The van der Waals surface area contributed by atoms with Gasteiger partial charge in [-0.2, -0.15) is 0 Å². The second kappa shape index (κ2) is 14.3. The molecule has 0 saturated heterocycles. The van der Waals surface area contributed by atoms with Crippen molar-refractivity contribution in [2.75, 3.05) is 20.3 Å². The van der Waals surface area contributed by atoms with Crippen molar-refractivity contribution in [3.05, 3.63) is 35.9 Å². The van der Waals surface area contributed by atoms with Crippen LogP contribution in [0.5, 0.6) is 0 Å². The van der Waals surface area contributed by atoms with Crippen LogP contribution in [0, 0.1) is 0 Å². The van der Waals surface area contributed by atoms with E-state index < -0.39 is 0 Å². The number of hydrogen-bond donors (Lipinski definition) is 1. The Morgan fingerprint density at radius 2 is 1.79 bits per heavy atom. The molecule has 0 spiro atoms. The predicted molar refractivity (Wildman–Crippen MR) is 101 cm³/mol. The normalized spacial score (nSPS) is 13.0. The summed E-state index contributed by atoms with van der Waals surface area (Å²) in [6.07, 6.45) is 5.95. The van der Waals surface area contributed by atoms with Crippen molar-refractivity contribution in [3.8, 4) is 0 Å². The molecule has 0 amide bonds. The molecule has 2 unspecified atom stereocenters. The number of nitrogens with two attached hydrogens (primary N) is 1. The highest BCUT2D eigenvalue weighted by Crippen LogP contribution is 2.24. The van der Waals surface area contributed by atoms with Gasteiger partial charge in [-0.3, -0.25) is 4.79 Å². The predicted octanol–water partition coefficient (Wildman–Crippen LogP) is 4.07. The smallest absolute Gasteiger partial charge is 0.313 e. The third kappa shape index (κ3) is 9.26. The molecule has 0 aliphatic heterocycles. The largest absolute Gasteiger partial charge is 0.469 e. The maximum Gasteiger partial charge on any atom is 0.313 e. The van der Waals surface area contributed by atoms with Gasteiger partial charge in [-0.15, -0.1) is 12.4 Å². The third-order valence-electron chi connectivity index (χ3n) is 3.94. The number of benzene rings is 1. The van der Waals surface area contributed by atoms with Crippen LogP contribution in [0.3, 0.4) is 0 Å². The van der Waals surface area contributed by atoms with E-state index in [2.05, 4.69) is 6.92 Å². The number of carbonyl (C=O) groups excluding carboxylic acids is 1. The van der Waals surface area contributed by atoms with Crippen molar-refractivity contribution >= 4 is 18.4 Å². The molecule has 0 saturated carbocycles. The first-order valence-electron chi connectivity index (χ1n) is 8.65. The number of rotatable bonds is 12. The zero-order valence-electron chi connectivity index (χ0n) is 14.9. The third-order valence-corrected chi connectivity index (χ3v) is 3.94. The fourth-order valence-electron chi connectivity index (χ4n) is 2.64. The summed E-state index contributed by atoms with van der Waals surface area (Å²) < 4.78 is 10.4. The lowest BCUT2D eigenvalue weighted by Crippen LogP contribution is -2.26. The number of methoxy groups -OCH3 is 1. The van der Waals surface area contributed by atoms with Gasteiger partial charge in [0, 0.05) is 12.6 Å². The molecule has 0 heterocycles. The molecule has 0 fully saturated rings. The fourth-order valence-corrected chi connectivity index (χ4v) is 2.64. The first-order valence-corrected chi connectivity index (χ1v) is 8.65. The number of halogens is 1. The fraction of sp³-hybridized carbons (Fsp3) is 0.632. The van der Waals surface area contributed by atoms with Crippen LogP contribution in [0.25, 0.3) is 0 Å². The van der Waals surface area contributed by atoms with Crippen molar-refractivity contribution in [1.29, 1.82) is 0 Å². The first kappa shape index (κ1) is 22.9. The minimum absolute atomic E-state index is 0. The minimum atomic E-state index is -0.164. The van der Waals surface area contributed by atoms with Crippen LogP contribution in [-0.2, 0) is 14.3 Å². The van der Waals surface area contributed by atoms with Crippen molar-refractivity contribution < 1.29 is 14.3 Å². The zero-order chi connectivity index (χ0) is 16.9. The summed E-state index contributed by atoms with van der Waals surface area (Å²) in [6.45, 7) is 3.52. The molecule has 0 aliphatic carbocycles. The first-order chi connectivity index (χ1) is 11.2. The van der Waals surface area contributed by atoms with Crippen LogP contribution in [0.1, 0.15) is 56.9 Å². The molecular formula is C19H32ClNO3. The van der Waals surface area contributed by atoms with E-state index >= 15 is 0 Å². The Hall–Kier alpha value is -1.10. The molecule has 4 nitrogen and oxygen atoms in total. The van der Waals surface area contributed by atoms with E-state index in [0.29, 0.717) is 6.61 Å². The Morgan fingerprint density at radius 1 is 1.12 bits per heavy atom. The van der Waals surface area contributed by atoms with E-state index in [1.54, 1.807) is 0 Å². The summed E-state index contributed by atoms with van der Waals surface area (Å²) in [6, 6.07) is 9.97. The van der Waals surface area contributed by atoms with Crippen LogP contribution >= 0.6 is 12.4 Å². The van der Waals surface area contributed by atoms with Crippen molar-refractivity contribution in [3.63, 3.8) is 0 Å². The maximum absolute atomic E-state index is 12.0. The lowest BCUT2D eigenvalue weighted by atomic mass is 9.93. The Labute approximate surface area is 152 Å². The second-order valence-electron chi connectivity index (χ2n) is 5.96. The van der Waals surface area contributed by atoms with Gasteiger partial charge in [0.2, 0.25) is 0 Å². The quantitative estimate of drug-likeness (QED) is 0.452. The van der Waals surface area contributed by atoms with Gasteiger partial charge in [0.05, 0.1) is 19.6 Å². The number of carbonyl (C=O) groups is 1. The monoisotopic (exact) mass is 357 g/mol. The van der Waals surface area contributed by atoms with Gasteiger partial charge in [0.1, 0.15) is 0 Å². The van der Waals surface area contributed by atoms with E-state index in [1.807, 2.05) is 30.3 Å². The average molecular weight is 358 g/mol. The highest BCUT2D eigenvalue weighted by Gasteiger charge is 2.20. The van der Waals surface area contributed by atoms with E-state index in [9.17, 15) is 4.79 Å². The van der Waals surface area contributed by atoms with Gasteiger partial charge in [0.25, 0.3) is 0 Å². The Bertz CT molecular complexity index is 428. The van der Waals surface area contributed by atoms with Crippen LogP contribution in [0.15, 0.2) is 30.3 Å². The molecule has 0 aromatic heterocycles. The molecule has 1 aromatic rings. The summed E-state index contributed by atoms with van der Waals surface area (Å²) in [7, 11) is 1.45. The van der Waals surface area contributed by atoms with Crippen LogP contribution < -0.4 is 5.73 Å². The highest BCUT2D eigenvalue weighted by atomic mass is 35.5. The summed E-state index contributed by atoms with van der Waals surface area (Å²) in [5.41, 5.74) is 7.05. The van der Waals surface area contributed by atoms with Crippen molar-refractivity contribution in [2.45, 2.75) is 57.4 Å². The van der Waals surface area contributed by atoms with Gasteiger partial charge in [-0.25, -0.2) is 0 Å². The Balaban J connectivity index is 0.00000529. The van der Waals surface area contributed by atoms with Gasteiger partial charge in [-0.1, -0.05) is 56.5 Å². The molecule has 5 heteroatoms. The van der Waals surface area contributed by atoms with Crippen molar-refractivity contribution in [1.82, 2.24) is 0 Å². The Morgan fingerprint density at radius 3 is 2.42 bits per heavy atom. The number of esters is 1. The molecule has 138 valence electrons. The molecule has 2 N–H and O–H groups in total. The molecule has 1 rings (SSSR count). The molecular weight excluding hydrogens is 326 g/mol. The van der Waals surface area contributed by atoms with Gasteiger partial charge >= 0.3 is 5.97 Å². The number of hydrogen-bond acceptors (Lipinski definition) is 4. The Kier molecular flexibility index (Phi) is 13.6. The summed E-state index contributed by atoms with van der Waals surface area (Å²) in [5, 5.41) is 0. The van der Waals surface area contributed by atoms with Gasteiger partial charge in [0.15, 0.2) is 0 Å². The van der Waals surface area contributed by atoms with E-state index in [1.165, 1.54) is 7.11 Å². The molecule has 0 bridgehead atoms. The van der Waals surface area contributed by atoms with Crippen LogP contribution in [0.4, 0.5) is 0 Å². The molecule has 1 aromatic carbocycles. The lowest BCUT2D eigenvalue weighted by Gasteiger charge is -2.15.